The fourth-order valence-corrected chi connectivity index (χ4v) is 3.82. The van der Waals surface area contributed by atoms with Crippen molar-refractivity contribution in [2.24, 2.45) is 5.10 Å². The Labute approximate surface area is 213 Å². The lowest BCUT2D eigenvalue weighted by Crippen LogP contribution is -2.45. The van der Waals surface area contributed by atoms with Gasteiger partial charge in [-0.15, -0.1) is 5.53 Å². The van der Waals surface area contributed by atoms with Gasteiger partial charge < -0.3 is 14.2 Å². The summed E-state index contributed by atoms with van der Waals surface area (Å²) >= 11 is 0. The maximum absolute atomic E-state index is 16.2. The van der Waals surface area contributed by atoms with Crippen LogP contribution in [-0.4, -0.2) is 52.6 Å². The molecule has 3 heterocycles. The highest BCUT2D eigenvalue weighted by Crippen LogP contribution is 2.42. The van der Waals surface area contributed by atoms with Crippen LogP contribution in [0.4, 0.5) is 14.6 Å². The molecule has 1 fully saturated rings. The van der Waals surface area contributed by atoms with Gasteiger partial charge in [0.1, 0.15) is 6.34 Å². The van der Waals surface area contributed by atoms with Crippen molar-refractivity contribution in [3.8, 4) is 0 Å². The number of esters is 2. The second kappa shape index (κ2) is 10.4. The molecule has 1 saturated heterocycles. The minimum atomic E-state index is -3.13. The van der Waals surface area contributed by atoms with Crippen LogP contribution in [0, 0.1) is 0 Å². The zero-order valence-electron chi connectivity index (χ0n) is 19.4. The van der Waals surface area contributed by atoms with Gasteiger partial charge in [0, 0.05) is 6.20 Å². The first kappa shape index (κ1) is 25.0. The van der Waals surface area contributed by atoms with Crippen molar-refractivity contribution in [1.29, 1.82) is 0 Å². The van der Waals surface area contributed by atoms with Crippen LogP contribution in [0.1, 0.15) is 26.9 Å². The van der Waals surface area contributed by atoms with E-state index in [1.807, 2.05) is 0 Å². The Morgan fingerprint density at radius 3 is 2.29 bits per heavy atom. The molecular formula is C24H20F2N6O6. The van der Waals surface area contributed by atoms with Crippen molar-refractivity contribution in [2.75, 3.05) is 11.6 Å². The number of hydrogen-bond donors (Lipinski definition) is 2. The number of anilines is 1. The molecular weight excluding hydrogens is 506 g/mol. The number of aromatic nitrogens is 2. The van der Waals surface area contributed by atoms with Crippen molar-refractivity contribution in [3.63, 3.8) is 0 Å². The van der Waals surface area contributed by atoms with Crippen LogP contribution in [0.25, 0.3) is 0 Å². The molecule has 1 aromatic heterocycles. The number of carbonyl (C=O) groups excluding carboxylic acids is 2. The molecule has 38 heavy (non-hydrogen) atoms. The first-order valence-corrected chi connectivity index (χ1v) is 11.3. The molecule has 0 aliphatic carbocycles. The zero-order chi connectivity index (χ0) is 26.7. The monoisotopic (exact) mass is 526 g/mol. The molecule has 0 spiro atoms. The average molecular weight is 526 g/mol. The summed E-state index contributed by atoms with van der Waals surface area (Å²) in [5, 5.41) is 4.95. The van der Waals surface area contributed by atoms with Gasteiger partial charge in [0.2, 0.25) is 0 Å². The van der Waals surface area contributed by atoms with E-state index in [1.165, 1.54) is 41.7 Å². The fourth-order valence-electron chi connectivity index (χ4n) is 3.82. The van der Waals surface area contributed by atoms with E-state index in [1.54, 1.807) is 36.4 Å². The lowest BCUT2D eigenvalue weighted by Gasteiger charge is -2.25. The Morgan fingerprint density at radius 2 is 1.68 bits per heavy atom. The lowest BCUT2D eigenvalue weighted by molar-refractivity contribution is -0.208. The van der Waals surface area contributed by atoms with E-state index in [4.69, 9.17) is 14.2 Å². The third-order valence-corrected chi connectivity index (χ3v) is 5.70. The topological polar surface area (TPSA) is 136 Å². The van der Waals surface area contributed by atoms with Gasteiger partial charge >= 0.3 is 17.6 Å². The van der Waals surface area contributed by atoms with Crippen LogP contribution in [-0.2, 0) is 14.2 Å². The Morgan fingerprint density at radius 1 is 1.03 bits per heavy atom. The van der Waals surface area contributed by atoms with Gasteiger partial charge in [0.25, 0.3) is 5.85 Å². The maximum Gasteiger partial charge on any atom is 0.351 e. The lowest BCUT2D eigenvalue weighted by atomic mass is 10.1. The Balaban J connectivity index is 1.41. The van der Waals surface area contributed by atoms with E-state index >= 15 is 8.78 Å². The molecule has 2 aromatic carbocycles. The van der Waals surface area contributed by atoms with E-state index in [2.05, 4.69) is 21.2 Å². The van der Waals surface area contributed by atoms with E-state index < -0.39 is 48.6 Å². The Bertz CT molecular complexity index is 1410. The minimum absolute atomic E-state index is 0.0309. The van der Waals surface area contributed by atoms with Gasteiger partial charge in [-0.2, -0.15) is 10.1 Å². The number of carbonyl (C=O) groups is 2. The normalized spacial score (nSPS) is 24.2. The van der Waals surface area contributed by atoms with Gasteiger partial charge in [-0.25, -0.2) is 33.7 Å². The molecule has 0 amide bonds. The summed E-state index contributed by atoms with van der Waals surface area (Å²) in [6, 6.07) is 16.6. The highest BCUT2D eigenvalue weighted by atomic mass is 19.2. The first-order valence-electron chi connectivity index (χ1n) is 11.3. The molecule has 4 atom stereocenters. The molecule has 0 saturated carbocycles. The molecule has 2 N–H and O–H groups in total. The highest BCUT2D eigenvalue weighted by molar-refractivity contribution is 5.90. The van der Waals surface area contributed by atoms with Gasteiger partial charge in [-0.3, -0.25) is 4.57 Å². The Kier molecular flexibility index (Phi) is 6.81. The number of hydrazone groups is 1. The fraction of sp³-hybridized carbons (Fsp3) is 0.208. The van der Waals surface area contributed by atoms with Crippen LogP contribution in [0.3, 0.4) is 0 Å². The predicted octanol–water partition coefficient (Wildman–Crippen LogP) is 1.63. The number of hydrazine groups is 2. The Hall–Kier alpha value is -4.69. The van der Waals surface area contributed by atoms with Crippen molar-refractivity contribution in [1.82, 2.24) is 20.6 Å². The largest absolute Gasteiger partial charge is 0.456 e. The molecule has 3 aromatic rings. The standard InChI is InChI=1S/C24H20F2N6O6/c25-18-19(37-22(34)16-9-5-2-6-10-16)24(26,13-36-21(33)15-7-3-1-4-8-15)38-20(18)31-12-11-17(28-23(31)35)32-14-27-29-30-32/h1-12,14,18-20,29-30H,13H2/t18-,19+,20-,24-/m1/s1. The zero-order valence-corrected chi connectivity index (χ0v) is 19.4. The number of ether oxygens (including phenoxy) is 3. The third-order valence-electron chi connectivity index (χ3n) is 5.70. The van der Waals surface area contributed by atoms with Crippen LogP contribution in [0.15, 0.2) is 82.8 Å². The summed E-state index contributed by atoms with van der Waals surface area (Å²) in [5.41, 5.74) is 4.15. The van der Waals surface area contributed by atoms with Crippen molar-refractivity contribution < 1.29 is 32.6 Å². The summed E-state index contributed by atoms with van der Waals surface area (Å²) in [5.74, 6) is -4.98. The van der Waals surface area contributed by atoms with Crippen LogP contribution in [0.5, 0.6) is 0 Å². The molecule has 2 aliphatic heterocycles. The molecule has 0 bridgehead atoms. The number of alkyl halides is 2. The van der Waals surface area contributed by atoms with Gasteiger partial charge in [0.15, 0.2) is 30.9 Å². The van der Waals surface area contributed by atoms with Crippen LogP contribution >= 0.6 is 0 Å². The van der Waals surface area contributed by atoms with Gasteiger partial charge in [0.05, 0.1) is 11.1 Å². The smallest absolute Gasteiger partial charge is 0.351 e. The number of benzene rings is 2. The van der Waals surface area contributed by atoms with Crippen molar-refractivity contribution >= 4 is 24.1 Å². The van der Waals surface area contributed by atoms with Gasteiger partial charge in [-0.05, 0) is 30.3 Å². The minimum Gasteiger partial charge on any atom is -0.456 e. The molecule has 2 aliphatic rings. The van der Waals surface area contributed by atoms with Crippen molar-refractivity contribution in [2.45, 2.75) is 24.4 Å². The molecule has 5 rings (SSSR count). The summed E-state index contributed by atoms with van der Waals surface area (Å²) in [6.07, 6.45) is -4.03. The molecule has 196 valence electrons. The van der Waals surface area contributed by atoms with E-state index in [9.17, 15) is 14.4 Å². The number of halogens is 2. The third kappa shape index (κ3) is 4.94. The predicted molar refractivity (Wildman–Crippen MR) is 127 cm³/mol. The number of nitrogens with zero attached hydrogens (tertiary/aromatic N) is 4. The molecule has 14 heteroatoms. The van der Waals surface area contributed by atoms with E-state index in [0.717, 1.165) is 6.20 Å². The van der Waals surface area contributed by atoms with E-state index in [-0.39, 0.29) is 16.9 Å². The second-order valence-electron chi connectivity index (χ2n) is 8.19. The van der Waals surface area contributed by atoms with Crippen molar-refractivity contribution in [3.05, 3.63) is 94.5 Å². The average Bonchev–Trinajstić information content (AvgIpc) is 3.56. The van der Waals surface area contributed by atoms with Crippen LogP contribution in [0.2, 0.25) is 0 Å². The number of hydrogen-bond acceptors (Lipinski definition) is 11. The summed E-state index contributed by atoms with van der Waals surface area (Å²) in [4.78, 5) is 41.6. The summed E-state index contributed by atoms with van der Waals surface area (Å²) in [6.45, 7) is -1.12. The number of rotatable bonds is 7. The first-order chi connectivity index (χ1) is 18.4. The highest BCUT2D eigenvalue weighted by Gasteiger charge is 2.61. The summed E-state index contributed by atoms with van der Waals surface area (Å²) < 4.78 is 48.1. The van der Waals surface area contributed by atoms with Crippen LogP contribution < -0.4 is 21.8 Å². The molecule has 0 unspecified atom stereocenters. The second-order valence-corrected chi connectivity index (χ2v) is 8.19. The summed E-state index contributed by atoms with van der Waals surface area (Å²) in [7, 11) is 0. The maximum atomic E-state index is 16.2. The quantitative estimate of drug-likeness (QED) is 0.437. The SMILES string of the molecule is O=C(OC[C@@]1(F)O[C@@H](n2ccc(N3C=NNN3)nc2=O)[C@H](F)[C@@H]1OC(=O)c1ccccc1)c1ccccc1. The molecule has 0 radical (unpaired) electrons. The molecule has 12 nitrogen and oxygen atoms in total. The van der Waals surface area contributed by atoms with Gasteiger partial charge in [-0.1, -0.05) is 36.4 Å². The number of nitrogens with one attached hydrogen (secondary N) is 2. The van der Waals surface area contributed by atoms with E-state index in [0.29, 0.717) is 4.57 Å².